The fourth-order valence-electron chi connectivity index (χ4n) is 8.07. The maximum Gasteiger partial charge on any atom is 0.342 e. The molecule has 0 aliphatic heterocycles. The van der Waals surface area contributed by atoms with Crippen LogP contribution >= 0.6 is 11.6 Å². The van der Waals surface area contributed by atoms with Crippen LogP contribution < -0.4 is 4.74 Å². The molecule has 8 heteroatoms. The fourth-order valence-corrected chi connectivity index (χ4v) is 8.52. The summed E-state index contributed by atoms with van der Waals surface area (Å²) in [5.41, 5.74) is 0.454. The fraction of sp³-hybridized carbons (Fsp3) is 0.739. The van der Waals surface area contributed by atoms with Gasteiger partial charge in [0.15, 0.2) is 0 Å². The number of aliphatic hydroxyl groups excluding tert-OH is 2. The maximum atomic E-state index is 12.7. The molecule has 2 aliphatic carbocycles. The molecule has 0 heterocycles. The first kappa shape index (κ1) is 46.0. The van der Waals surface area contributed by atoms with Crippen LogP contribution in [0.15, 0.2) is 48.6 Å². The van der Waals surface area contributed by atoms with E-state index in [-0.39, 0.29) is 54.3 Å². The summed E-state index contributed by atoms with van der Waals surface area (Å²) in [5.74, 6) is -0.180. The zero-order valence-corrected chi connectivity index (χ0v) is 34.5. The highest BCUT2D eigenvalue weighted by molar-refractivity contribution is 6.21. The molecule has 3 rings (SSSR count). The number of halogens is 1. The summed E-state index contributed by atoms with van der Waals surface area (Å²) in [6.07, 6.45) is 32.3. The molecule has 2 fully saturated rings. The predicted octanol–water partition coefficient (Wildman–Crippen LogP) is 11.5. The number of alkyl halides is 1. The second-order valence-electron chi connectivity index (χ2n) is 15.9. The first-order chi connectivity index (χ1) is 26.3. The van der Waals surface area contributed by atoms with Crippen molar-refractivity contribution < 1.29 is 34.0 Å². The summed E-state index contributed by atoms with van der Waals surface area (Å²) in [7, 11) is 0. The van der Waals surface area contributed by atoms with E-state index in [0.29, 0.717) is 37.2 Å². The lowest BCUT2D eigenvalue weighted by molar-refractivity contribution is -0.144. The molecule has 54 heavy (non-hydrogen) atoms. The quantitative estimate of drug-likeness (QED) is 0.0347. The summed E-state index contributed by atoms with van der Waals surface area (Å²) in [4.78, 5) is 25.0. The van der Waals surface area contributed by atoms with E-state index >= 15 is 0 Å². The largest absolute Gasteiger partial charge is 0.493 e. The minimum atomic E-state index is -0.486. The zero-order valence-electron chi connectivity index (χ0n) is 33.7. The van der Waals surface area contributed by atoms with Gasteiger partial charge in [0.25, 0.3) is 0 Å². The van der Waals surface area contributed by atoms with E-state index in [1.807, 2.05) is 12.1 Å². The van der Waals surface area contributed by atoms with Gasteiger partial charge in [0.05, 0.1) is 18.8 Å². The topological polar surface area (TPSA) is 102 Å². The Hall–Kier alpha value is -2.35. The van der Waals surface area contributed by atoms with E-state index in [0.717, 1.165) is 44.9 Å². The molecule has 0 aromatic heterocycles. The van der Waals surface area contributed by atoms with E-state index in [1.165, 1.54) is 77.0 Å². The predicted molar refractivity (Wildman–Crippen MR) is 220 cm³/mol. The van der Waals surface area contributed by atoms with Crippen molar-refractivity contribution in [2.45, 2.75) is 179 Å². The molecule has 1 aromatic carbocycles. The van der Waals surface area contributed by atoms with Gasteiger partial charge in [0, 0.05) is 17.7 Å². The van der Waals surface area contributed by atoms with Gasteiger partial charge < -0.3 is 24.4 Å². The number of carbonyl (C=O) groups is 2. The first-order valence-electron chi connectivity index (χ1n) is 21.7. The number of rotatable bonds is 30. The van der Waals surface area contributed by atoms with E-state index in [9.17, 15) is 19.8 Å². The lowest BCUT2D eigenvalue weighted by Gasteiger charge is -2.45. The molecular formula is C46H73ClO7. The van der Waals surface area contributed by atoms with Gasteiger partial charge in [-0.1, -0.05) is 134 Å². The highest BCUT2D eigenvalue weighted by Crippen LogP contribution is 2.48. The van der Waals surface area contributed by atoms with Crippen molar-refractivity contribution >= 4 is 23.5 Å². The summed E-state index contributed by atoms with van der Waals surface area (Å²) >= 11 is 6.63. The van der Waals surface area contributed by atoms with E-state index in [2.05, 4.69) is 32.1 Å². The number of hydrogen-bond acceptors (Lipinski definition) is 7. The molecule has 0 amide bonds. The average molecular weight is 774 g/mol. The standard InChI is InChI=1S/C46H73ClO7/c1-3-5-6-7-8-9-10-11-12-13-14-17-22-33-52-42-28-21-20-26-39(42)45(51)54-35-34-53-44(50)30-19-16-15-18-25-37-38(41(48)36-40(37)47)27-23-29-43(49)46(4-2)31-24-32-46/h15,18,20-21,23,26-28,37-38,40-41,43,48-49H,3-14,16-17,19,22,24-25,29-36H2,1-2H3/b18-15-,27-23+/t37?,38?,40?,41?,43-/m0/s1. The Morgan fingerprint density at radius 1 is 0.852 bits per heavy atom. The third-order valence-corrected chi connectivity index (χ3v) is 12.4. The lowest BCUT2D eigenvalue weighted by atomic mass is 9.63. The highest BCUT2D eigenvalue weighted by Gasteiger charge is 2.42. The van der Waals surface area contributed by atoms with Crippen molar-refractivity contribution in [2.75, 3.05) is 19.8 Å². The summed E-state index contributed by atoms with van der Waals surface area (Å²) in [6, 6.07) is 7.12. The van der Waals surface area contributed by atoms with Crippen molar-refractivity contribution in [1.82, 2.24) is 0 Å². The number of ether oxygens (including phenoxy) is 3. The number of aliphatic hydroxyl groups is 2. The summed E-state index contributed by atoms with van der Waals surface area (Å²) in [6.45, 7) is 4.98. The first-order valence-corrected chi connectivity index (χ1v) is 22.1. The normalized spacial score (nSPS) is 21.4. The molecule has 7 nitrogen and oxygen atoms in total. The molecule has 2 aliphatic rings. The number of hydrogen-bond donors (Lipinski definition) is 2. The Morgan fingerprint density at radius 3 is 2.15 bits per heavy atom. The molecule has 0 saturated heterocycles. The molecule has 4 unspecified atom stereocenters. The Balaban J connectivity index is 1.21. The van der Waals surface area contributed by atoms with Crippen LogP contribution in [0.5, 0.6) is 5.75 Å². The van der Waals surface area contributed by atoms with Crippen LogP contribution in [0.3, 0.4) is 0 Å². The van der Waals surface area contributed by atoms with Gasteiger partial charge in [-0.05, 0) is 81.3 Å². The van der Waals surface area contributed by atoms with Gasteiger partial charge in [0.2, 0.25) is 0 Å². The minimum Gasteiger partial charge on any atom is -0.493 e. The molecule has 0 bridgehead atoms. The second-order valence-corrected chi connectivity index (χ2v) is 16.4. The molecule has 0 spiro atoms. The molecule has 2 N–H and O–H groups in total. The molecule has 306 valence electrons. The van der Waals surface area contributed by atoms with Gasteiger partial charge in [-0.25, -0.2) is 4.79 Å². The van der Waals surface area contributed by atoms with Crippen molar-refractivity contribution in [3.05, 3.63) is 54.1 Å². The zero-order chi connectivity index (χ0) is 38.9. The Morgan fingerprint density at radius 2 is 1.50 bits per heavy atom. The number of allylic oxidation sites excluding steroid dienone is 2. The van der Waals surface area contributed by atoms with Crippen LogP contribution in [0, 0.1) is 17.3 Å². The van der Waals surface area contributed by atoms with Crippen molar-refractivity contribution in [1.29, 1.82) is 0 Å². The minimum absolute atomic E-state index is 0.00880. The van der Waals surface area contributed by atoms with Gasteiger partial charge in [-0.2, -0.15) is 0 Å². The third kappa shape index (κ3) is 16.8. The molecule has 0 radical (unpaired) electrons. The van der Waals surface area contributed by atoms with Crippen molar-refractivity contribution in [2.24, 2.45) is 17.3 Å². The van der Waals surface area contributed by atoms with E-state index in [4.69, 9.17) is 25.8 Å². The number of unbranched alkanes of at least 4 members (excludes halogenated alkanes) is 13. The smallest absolute Gasteiger partial charge is 0.342 e. The van der Waals surface area contributed by atoms with Crippen molar-refractivity contribution in [3.8, 4) is 5.75 Å². The Kier molecular flexibility index (Phi) is 23.3. The monoisotopic (exact) mass is 773 g/mol. The SMILES string of the molecule is CCCCCCCCCCCCCCCOc1ccccc1C(=O)OCCOC(=O)CCC/C=C\CC1C(Cl)CC(O)C1/C=C/C[C@H](O)C1(CC)CCC1. The number of carbonyl (C=O) groups excluding carboxylic acids is 2. The number of esters is 2. The van der Waals surface area contributed by atoms with Crippen LogP contribution in [-0.4, -0.2) is 59.6 Å². The van der Waals surface area contributed by atoms with E-state index < -0.39 is 12.1 Å². The molecule has 1 aromatic rings. The lowest BCUT2D eigenvalue weighted by Crippen LogP contribution is -2.40. The van der Waals surface area contributed by atoms with Crippen LogP contribution in [-0.2, 0) is 14.3 Å². The van der Waals surface area contributed by atoms with Crippen LogP contribution in [0.2, 0.25) is 0 Å². The van der Waals surface area contributed by atoms with E-state index in [1.54, 1.807) is 18.2 Å². The second kappa shape index (κ2) is 27.3. The Labute approximate surface area is 332 Å². The highest BCUT2D eigenvalue weighted by atomic mass is 35.5. The number of benzene rings is 1. The van der Waals surface area contributed by atoms with Crippen molar-refractivity contribution in [3.63, 3.8) is 0 Å². The summed E-state index contributed by atoms with van der Waals surface area (Å²) < 4.78 is 16.6. The molecule has 5 atom stereocenters. The van der Waals surface area contributed by atoms with Crippen LogP contribution in [0.25, 0.3) is 0 Å². The molecule has 2 saturated carbocycles. The third-order valence-electron chi connectivity index (χ3n) is 11.9. The number of para-hydroxylation sites is 1. The van der Waals surface area contributed by atoms with Gasteiger partial charge >= 0.3 is 11.9 Å². The maximum absolute atomic E-state index is 12.7. The average Bonchev–Trinajstić information content (AvgIpc) is 3.42. The van der Waals surface area contributed by atoms with Crippen LogP contribution in [0.4, 0.5) is 0 Å². The molecular weight excluding hydrogens is 700 g/mol. The van der Waals surface area contributed by atoms with Gasteiger partial charge in [-0.15, -0.1) is 11.6 Å². The van der Waals surface area contributed by atoms with Gasteiger partial charge in [0.1, 0.15) is 24.5 Å². The van der Waals surface area contributed by atoms with Crippen LogP contribution in [0.1, 0.15) is 172 Å². The summed E-state index contributed by atoms with van der Waals surface area (Å²) in [5, 5.41) is 21.3. The Bertz CT molecular complexity index is 1220. The van der Waals surface area contributed by atoms with Gasteiger partial charge in [-0.3, -0.25) is 4.79 Å².